The summed E-state index contributed by atoms with van der Waals surface area (Å²) in [6.07, 6.45) is 8.24. The Labute approximate surface area is 51.8 Å². The van der Waals surface area contributed by atoms with Crippen LogP contribution in [0.2, 0.25) is 0 Å². The Bertz CT molecular complexity index is 118. The molecule has 1 aliphatic rings. The highest BCUT2D eigenvalue weighted by atomic mass is 15.1. The molecule has 0 saturated carbocycles. The second-order valence-corrected chi connectivity index (χ2v) is 1.76. The van der Waals surface area contributed by atoms with Gasteiger partial charge in [0.1, 0.15) is 0 Å². The first kappa shape index (κ1) is 5.42. The van der Waals surface area contributed by atoms with Crippen LogP contribution in [0.3, 0.4) is 0 Å². The summed E-state index contributed by atoms with van der Waals surface area (Å²) >= 11 is 0. The van der Waals surface area contributed by atoms with Crippen LogP contribution < -0.4 is 0 Å². The quantitative estimate of drug-likeness (QED) is 0.491. The third-order valence-corrected chi connectivity index (χ3v) is 1.17. The molecule has 0 bridgehead atoms. The van der Waals surface area contributed by atoms with Gasteiger partial charge in [-0.2, -0.15) is 0 Å². The average molecular weight is 109 g/mol. The fourth-order valence-electron chi connectivity index (χ4n) is 0.673. The summed E-state index contributed by atoms with van der Waals surface area (Å²) in [5.74, 6) is 0. The molecule has 1 heterocycles. The average Bonchev–Trinajstić information content (AvgIpc) is 1.90. The monoisotopic (exact) mass is 109 g/mol. The Kier molecular flexibility index (Phi) is 1.73. The summed E-state index contributed by atoms with van der Waals surface area (Å²) in [6.45, 7) is 5.63. The zero-order valence-electron chi connectivity index (χ0n) is 5.88. The zero-order valence-corrected chi connectivity index (χ0v) is 4.88. The summed E-state index contributed by atoms with van der Waals surface area (Å²) in [5, 5.41) is 0. The lowest BCUT2D eigenvalue weighted by molar-refractivity contribution is 0.456. The third-order valence-electron chi connectivity index (χ3n) is 1.17. The summed E-state index contributed by atoms with van der Waals surface area (Å²) in [4.78, 5) is 2.14. The predicted molar refractivity (Wildman–Crippen MR) is 36.3 cm³/mol. The van der Waals surface area contributed by atoms with Crippen LogP contribution in [-0.4, -0.2) is 18.0 Å². The fraction of sp³-hybridized carbons (Fsp3) is 0.286. The Morgan fingerprint density at radius 3 is 2.88 bits per heavy atom. The molecule has 0 unspecified atom stereocenters. The van der Waals surface area contributed by atoms with Crippen molar-refractivity contribution in [2.24, 2.45) is 0 Å². The van der Waals surface area contributed by atoms with Crippen LogP contribution in [0, 0.1) is 6.92 Å². The molecule has 0 atom stereocenters. The van der Waals surface area contributed by atoms with E-state index in [2.05, 4.69) is 17.9 Å². The second-order valence-electron chi connectivity index (χ2n) is 1.76. The molecule has 0 aromatic carbocycles. The molecular weight excluding hydrogens is 98.1 g/mol. The molecule has 0 amide bonds. The topological polar surface area (TPSA) is 3.24 Å². The minimum absolute atomic E-state index is 0. The van der Waals surface area contributed by atoms with Gasteiger partial charge in [0.15, 0.2) is 0 Å². The van der Waals surface area contributed by atoms with Gasteiger partial charge in [0.2, 0.25) is 0 Å². The second kappa shape index (κ2) is 2.55. The first-order valence-electron chi connectivity index (χ1n) is 2.80. The van der Waals surface area contributed by atoms with Crippen LogP contribution in [0.15, 0.2) is 24.4 Å². The van der Waals surface area contributed by atoms with Crippen molar-refractivity contribution in [1.82, 2.24) is 4.90 Å². The third kappa shape index (κ3) is 1.12. The highest BCUT2D eigenvalue weighted by molar-refractivity contribution is 5.08. The minimum Gasteiger partial charge on any atom is -0.374 e. The van der Waals surface area contributed by atoms with Crippen LogP contribution in [0.5, 0.6) is 0 Å². The maximum atomic E-state index is 3.75. The van der Waals surface area contributed by atoms with Crippen molar-refractivity contribution in [3.8, 4) is 0 Å². The molecule has 1 radical (unpaired) electrons. The van der Waals surface area contributed by atoms with E-state index in [0.29, 0.717) is 0 Å². The van der Waals surface area contributed by atoms with Gasteiger partial charge in [0, 0.05) is 13.1 Å². The zero-order chi connectivity index (χ0) is 5.82. The van der Waals surface area contributed by atoms with Crippen molar-refractivity contribution in [3.05, 3.63) is 31.4 Å². The SMILES string of the molecule is [CH2]CN1C=CC=CC1.[H+]. The number of hydrogen-bond acceptors (Lipinski definition) is 1. The van der Waals surface area contributed by atoms with Gasteiger partial charge in [-0.1, -0.05) is 12.2 Å². The van der Waals surface area contributed by atoms with E-state index in [1.165, 1.54) is 0 Å². The maximum Gasteiger partial charge on any atom is 1.00 e. The molecule has 0 spiro atoms. The van der Waals surface area contributed by atoms with Crippen molar-refractivity contribution >= 4 is 0 Å². The number of nitrogens with zero attached hydrogens (tertiary/aromatic N) is 1. The molecular formula is C7H11N+. The fourth-order valence-corrected chi connectivity index (χ4v) is 0.673. The Balaban J connectivity index is 0.000000640. The van der Waals surface area contributed by atoms with Crippen LogP contribution in [0.4, 0.5) is 0 Å². The van der Waals surface area contributed by atoms with Crippen molar-refractivity contribution in [3.63, 3.8) is 0 Å². The standard InChI is InChI=1S/C7H10N/c1-2-8-6-4-3-5-7-8/h3-6H,1-2,7H2/p+1. The minimum atomic E-state index is 0. The molecule has 1 rings (SSSR count). The molecule has 1 nitrogen and oxygen atoms in total. The highest BCUT2D eigenvalue weighted by Gasteiger charge is 1.91. The number of hydrogen-bond donors (Lipinski definition) is 0. The van der Waals surface area contributed by atoms with Gasteiger partial charge in [0.25, 0.3) is 0 Å². The molecule has 0 aromatic heterocycles. The van der Waals surface area contributed by atoms with Crippen LogP contribution in [0.25, 0.3) is 0 Å². The molecule has 1 aliphatic heterocycles. The van der Waals surface area contributed by atoms with Gasteiger partial charge in [-0.3, -0.25) is 0 Å². The molecule has 0 saturated heterocycles. The number of allylic oxidation sites excluding steroid dienone is 2. The first-order valence-corrected chi connectivity index (χ1v) is 2.80. The summed E-state index contributed by atoms with van der Waals surface area (Å²) in [5.41, 5.74) is 0. The Morgan fingerprint density at radius 1 is 1.62 bits per heavy atom. The van der Waals surface area contributed by atoms with E-state index in [1.54, 1.807) is 0 Å². The first-order chi connectivity index (χ1) is 3.93. The lowest BCUT2D eigenvalue weighted by atomic mass is 10.3. The lowest BCUT2D eigenvalue weighted by Crippen LogP contribution is -2.17. The number of rotatable bonds is 1. The molecule has 43 valence electrons. The Morgan fingerprint density at radius 2 is 2.50 bits per heavy atom. The molecule has 8 heavy (non-hydrogen) atoms. The summed E-state index contributed by atoms with van der Waals surface area (Å²) in [7, 11) is 0. The summed E-state index contributed by atoms with van der Waals surface area (Å²) < 4.78 is 0. The Hall–Kier alpha value is -0.720. The van der Waals surface area contributed by atoms with Crippen molar-refractivity contribution in [2.45, 2.75) is 0 Å². The van der Waals surface area contributed by atoms with Gasteiger partial charge >= 0.3 is 1.43 Å². The van der Waals surface area contributed by atoms with Gasteiger partial charge in [-0.05, 0) is 19.2 Å². The molecule has 0 fully saturated rings. The van der Waals surface area contributed by atoms with Crippen LogP contribution >= 0.6 is 0 Å². The van der Waals surface area contributed by atoms with E-state index >= 15 is 0 Å². The van der Waals surface area contributed by atoms with E-state index in [0.717, 1.165) is 13.1 Å². The van der Waals surface area contributed by atoms with Gasteiger partial charge in [0.05, 0.1) is 0 Å². The van der Waals surface area contributed by atoms with E-state index in [9.17, 15) is 0 Å². The van der Waals surface area contributed by atoms with Crippen molar-refractivity contribution < 1.29 is 1.43 Å². The maximum absolute atomic E-state index is 3.75. The molecule has 1 heteroatoms. The van der Waals surface area contributed by atoms with Gasteiger partial charge in [-0.25, -0.2) is 0 Å². The predicted octanol–water partition coefficient (Wildman–Crippen LogP) is 1.32. The van der Waals surface area contributed by atoms with Crippen molar-refractivity contribution in [2.75, 3.05) is 13.1 Å². The largest absolute Gasteiger partial charge is 1.00 e. The molecule has 0 aliphatic carbocycles. The van der Waals surface area contributed by atoms with Crippen LogP contribution in [0.1, 0.15) is 1.43 Å². The van der Waals surface area contributed by atoms with E-state index in [1.807, 2.05) is 18.4 Å². The van der Waals surface area contributed by atoms with Crippen LogP contribution in [-0.2, 0) is 0 Å². The molecule has 0 aromatic rings. The lowest BCUT2D eigenvalue weighted by Gasteiger charge is -2.16. The smallest absolute Gasteiger partial charge is 0.374 e. The van der Waals surface area contributed by atoms with E-state index < -0.39 is 0 Å². The molecule has 0 N–H and O–H groups in total. The van der Waals surface area contributed by atoms with Crippen molar-refractivity contribution in [1.29, 1.82) is 0 Å². The normalized spacial score (nSPS) is 17.4. The van der Waals surface area contributed by atoms with Gasteiger partial charge < -0.3 is 4.90 Å². The van der Waals surface area contributed by atoms with E-state index in [4.69, 9.17) is 0 Å². The highest BCUT2D eigenvalue weighted by Crippen LogP contribution is 1.95. The summed E-state index contributed by atoms with van der Waals surface area (Å²) in [6, 6.07) is 0. The van der Waals surface area contributed by atoms with E-state index in [-0.39, 0.29) is 1.43 Å². The van der Waals surface area contributed by atoms with Gasteiger partial charge in [-0.15, -0.1) is 0 Å².